The molecule has 0 unspecified atom stereocenters. The molecule has 3 aromatic heterocycles. The van der Waals surface area contributed by atoms with Crippen LogP contribution in [0.4, 0.5) is 9.59 Å². The SMILES string of the molecule is CC(C)NC(=O)OCc1c(COC(=O)NC(C)C)c2cccn2c2c1cnn2-c1ccccc1. The van der Waals surface area contributed by atoms with Gasteiger partial charge in [-0.05, 0) is 52.0 Å². The van der Waals surface area contributed by atoms with Crippen molar-refractivity contribution in [1.82, 2.24) is 24.8 Å². The fourth-order valence-electron chi connectivity index (χ4n) is 3.83. The van der Waals surface area contributed by atoms with Crippen LogP contribution >= 0.6 is 0 Å². The van der Waals surface area contributed by atoms with Crippen molar-refractivity contribution in [3.8, 4) is 5.69 Å². The van der Waals surface area contributed by atoms with Gasteiger partial charge in [-0.25, -0.2) is 14.3 Å². The number of carbonyl (C=O) groups excluding carboxylic acids is 2. The molecule has 9 heteroatoms. The molecule has 0 radical (unpaired) electrons. The minimum atomic E-state index is -0.515. The second-order valence-electron chi connectivity index (χ2n) is 8.60. The van der Waals surface area contributed by atoms with Crippen LogP contribution in [0.3, 0.4) is 0 Å². The van der Waals surface area contributed by atoms with Crippen LogP contribution in [0.1, 0.15) is 38.8 Å². The fourth-order valence-corrected chi connectivity index (χ4v) is 3.83. The number of nitrogens with zero attached hydrogens (tertiary/aromatic N) is 3. The minimum Gasteiger partial charge on any atom is -0.445 e. The summed E-state index contributed by atoms with van der Waals surface area (Å²) < 4.78 is 14.9. The average molecular weight is 464 g/mol. The fraction of sp³-hybridized carbons (Fsp3) is 0.320. The summed E-state index contributed by atoms with van der Waals surface area (Å²) in [7, 11) is 0. The molecule has 2 N–H and O–H groups in total. The van der Waals surface area contributed by atoms with E-state index in [1.807, 2.05) is 85.4 Å². The van der Waals surface area contributed by atoms with Crippen molar-refractivity contribution >= 4 is 28.7 Å². The van der Waals surface area contributed by atoms with E-state index in [2.05, 4.69) is 15.7 Å². The second kappa shape index (κ2) is 9.86. The van der Waals surface area contributed by atoms with Crippen LogP contribution in [0, 0.1) is 0 Å². The molecule has 0 saturated carbocycles. The van der Waals surface area contributed by atoms with Crippen molar-refractivity contribution < 1.29 is 19.1 Å². The molecular formula is C25H29N5O4. The third-order valence-corrected chi connectivity index (χ3v) is 5.23. The van der Waals surface area contributed by atoms with Gasteiger partial charge in [0.15, 0.2) is 0 Å². The number of rotatable bonds is 7. The molecule has 0 atom stereocenters. The summed E-state index contributed by atoms with van der Waals surface area (Å²) in [6.45, 7) is 7.47. The van der Waals surface area contributed by atoms with Crippen molar-refractivity contribution in [2.75, 3.05) is 0 Å². The van der Waals surface area contributed by atoms with Gasteiger partial charge in [0.25, 0.3) is 0 Å². The molecule has 0 aliphatic heterocycles. The second-order valence-corrected chi connectivity index (χ2v) is 8.60. The molecule has 1 aromatic carbocycles. The molecule has 178 valence electrons. The Bertz CT molecular complexity index is 1310. The third kappa shape index (κ3) is 4.83. The first-order chi connectivity index (χ1) is 16.3. The first-order valence-corrected chi connectivity index (χ1v) is 11.3. The summed E-state index contributed by atoms with van der Waals surface area (Å²) >= 11 is 0. The molecule has 0 saturated heterocycles. The lowest BCUT2D eigenvalue weighted by Gasteiger charge is -2.17. The maximum atomic E-state index is 12.2. The van der Waals surface area contributed by atoms with Crippen LogP contribution in [0.2, 0.25) is 0 Å². The van der Waals surface area contributed by atoms with Gasteiger partial charge in [-0.2, -0.15) is 5.10 Å². The summed E-state index contributed by atoms with van der Waals surface area (Å²) in [5, 5.41) is 10.9. The zero-order valence-electron chi connectivity index (χ0n) is 19.7. The Morgan fingerprint density at radius 3 is 2.12 bits per heavy atom. The lowest BCUT2D eigenvalue weighted by atomic mass is 10.1. The summed E-state index contributed by atoms with van der Waals surface area (Å²) in [6.07, 6.45) is 2.66. The highest BCUT2D eigenvalue weighted by molar-refractivity contribution is 5.87. The largest absolute Gasteiger partial charge is 0.445 e. The summed E-state index contributed by atoms with van der Waals surface area (Å²) in [5.41, 5.74) is 4.05. The molecular weight excluding hydrogens is 434 g/mol. The van der Waals surface area contributed by atoms with Gasteiger partial charge in [0, 0.05) is 34.8 Å². The maximum Gasteiger partial charge on any atom is 0.407 e. The van der Waals surface area contributed by atoms with Gasteiger partial charge < -0.3 is 24.5 Å². The van der Waals surface area contributed by atoms with Gasteiger partial charge in [-0.15, -0.1) is 0 Å². The van der Waals surface area contributed by atoms with Crippen LogP contribution in [-0.4, -0.2) is 38.5 Å². The Balaban J connectivity index is 1.82. The Morgan fingerprint density at radius 1 is 0.882 bits per heavy atom. The van der Waals surface area contributed by atoms with Crippen LogP contribution in [-0.2, 0) is 22.7 Å². The number of fused-ring (bicyclic) bond motifs is 3. The normalized spacial score (nSPS) is 11.4. The number of amides is 2. The monoisotopic (exact) mass is 463 g/mol. The van der Waals surface area contributed by atoms with Gasteiger partial charge in [0.1, 0.15) is 18.9 Å². The molecule has 3 heterocycles. The molecule has 0 fully saturated rings. The predicted molar refractivity (Wildman–Crippen MR) is 129 cm³/mol. The molecule has 34 heavy (non-hydrogen) atoms. The van der Waals surface area contributed by atoms with Crippen molar-refractivity contribution in [3.05, 3.63) is 66.0 Å². The maximum absolute atomic E-state index is 12.2. The van der Waals surface area contributed by atoms with Crippen molar-refractivity contribution in [2.45, 2.75) is 53.0 Å². The zero-order valence-corrected chi connectivity index (χ0v) is 19.7. The summed E-state index contributed by atoms with van der Waals surface area (Å²) in [4.78, 5) is 24.4. The number of para-hydroxylation sites is 1. The summed E-state index contributed by atoms with van der Waals surface area (Å²) in [6, 6.07) is 13.6. The average Bonchev–Trinajstić information content (AvgIpc) is 3.43. The van der Waals surface area contributed by atoms with Crippen molar-refractivity contribution in [3.63, 3.8) is 0 Å². The van der Waals surface area contributed by atoms with Gasteiger partial charge in [0.2, 0.25) is 0 Å². The molecule has 0 aliphatic rings. The number of carbonyl (C=O) groups is 2. The quantitative estimate of drug-likeness (QED) is 0.419. The van der Waals surface area contributed by atoms with Gasteiger partial charge in [0.05, 0.1) is 17.4 Å². The lowest BCUT2D eigenvalue weighted by molar-refractivity contribution is 0.130. The van der Waals surface area contributed by atoms with Gasteiger partial charge in [-0.1, -0.05) is 18.2 Å². The predicted octanol–water partition coefficient (Wildman–Crippen LogP) is 4.55. The van der Waals surface area contributed by atoms with E-state index in [1.165, 1.54) is 0 Å². The first-order valence-electron chi connectivity index (χ1n) is 11.3. The van der Waals surface area contributed by atoms with Crippen molar-refractivity contribution in [2.24, 2.45) is 0 Å². The molecule has 9 nitrogen and oxygen atoms in total. The van der Waals surface area contributed by atoms with E-state index in [1.54, 1.807) is 6.20 Å². The molecule has 4 aromatic rings. The van der Waals surface area contributed by atoms with Crippen LogP contribution in [0.5, 0.6) is 0 Å². The van der Waals surface area contributed by atoms with Crippen LogP contribution in [0.25, 0.3) is 22.2 Å². The van der Waals surface area contributed by atoms with E-state index in [0.717, 1.165) is 33.4 Å². The van der Waals surface area contributed by atoms with Gasteiger partial charge >= 0.3 is 12.2 Å². The molecule has 0 spiro atoms. The van der Waals surface area contributed by atoms with Gasteiger partial charge in [-0.3, -0.25) is 0 Å². The van der Waals surface area contributed by atoms with E-state index in [0.29, 0.717) is 0 Å². The Morgan fingerprint density at radius 2 is 1.50 bits per heavy atom. The minimum absolute atomic E-state index is 0.00170. The number of benzene rings is 1. The van der Waals surface area contributed by atoms with E-state index < -0.39 is 12.2 Å². The van der Waals surface area contributed by atoms with Crippen LogP contribution in [0.15, 0.2) is 54.9 Å². The number of aromatic nitrogens is 3. The number of alkyl carbamates (subject to hydrolysis) is 2. The van der Waals surface area contributed by atoms with Crippen molar-refractivity contribution in [1.29, 1.82) is 0 Å². The van der Waals surface area contributed by atoms with E-state index in [9.17, 15) is 9.59 Å². The number of nitrogens with one attached hydrogen (secondary N) is 2. The smallest absolute Gasteiger partial charge is 0.407 e. The Kier molecular flexibility index (Phi) is 6.72. The third-order valence-electron chi connectivity index (χ3n) is 5.23. The topological polar surface area (TPSA) is 98.9 Å². The van der Waals surface area contributed by atoms with E-state index in [-0.39, 0.29) is 25.3 Å². The highest BCUT2D eigenvalue weighted by atomic mass is 16.6. The molecule has 4 rings (SSSR count). The van der Waals surface area contributed by atoms with Crippen LogP contribution < -0.4 is 10.6 Å². The summed E-state index contributed by atoms with van der Waals surface area (Å²) in [5.74, 6) is 0. The molecule has 2 amide bonds. The number of hydrogen-bond acceptors (Lipinski definition) is 5. The van der Waals surface area contributed by atoms with E-state index >= 15 is 0 Å². The highest BCUT2D eigenvalue weighted by Gasteiger charge is 2.21. The molecule has 0 bridgehead atoms. The Labute approximate surface area is 197 Å². The lowest BCUT2D eigenvalue weighted by Crippen LogP contribution is -2.31. The van der Waals surface area contributed by atoms with E-state index in [4.69, 9.17) is 9.47 Å². The highest BCUT2D eigenvalue weighted by Crippen LogP contribution is 2.30. The number of ether oxygens (including phenoxy) is 2. The molecule has 0 aliphatic carbocycles. The Hall–Kier alpha value is -4.01. The first kappa shape index (κ1) is 23.2. The standard InChI is InChI=1S/C25H29N5O4/c1-16(2)27-24(31)33-14-20-19-13-26-30(18-9-6-5-7-10-18)23(19)29-12-8-11-22(29)21(20)15-34-25(32)28-17(3)4/h5-13,16-17H,14-15H2,1-4H3,(H,27,31)(H,28,32). The number of hydrogen-bond donors (Lipinski definition) is 2. The number of pyridine rings is 1. The zero-order chi connectivity index (χ0) is 24.2.